The van der Waals surface area contributed by atoms with Gasteiger partial charge in [0.15, 0.2) is 0 Å². The zero-order valence-corrected chi connectivity index (χ0v) is 11.3. The van der Waals surface area contributed by atoms with Crippen molar-refractivity contribution in [1.29, 1.82) is 0 Å². The standard InChI is InChI=1S/C13H15FN4O2/c1-8-13(6-15)9(2)17(16-8)7-10-3-11(14)5-12(4-10)18(19)20/h3-5H,6-7,15H2,1-2H3. The highest BCUT2D eigenvalue weighted by Gasteiger charge is 2.13. The summed E-state index contributed by atoms with van der Waals surface area (Å²) in [7, 11) is 0. The molecule has 0 aliphatic heterocycles. The first kappa shape index (κ1) is 14.1. The maximum Gasteiger partial charge on any atom is 0.272 e. The Morgan fingerprint density at radius 1 is 1.40 bits per heavy atom. The summed E-state index contributed by atoms with van der Waals surface area (Å²) in [6.45, 7) is 4.36. The van der Waals surface area contributed by atoms with Crippen molar-refractivity contribution in [3.63, 3.8) is 0 Å². The van der Waals surface area contributed by atoms with Crippen molar-refractivity contribution in [3.05, 3.63) is 56.6 Å². The predicted octanol–water partition coefficient (Wildman–Crippen LogP) is 2.05. The zero-order chi connectivity index (χ0) is 14.9. The van der Waals surface area contributed by atoms with Gasteiger partial charge in [0.2, 0.25) is 0 Å². The molecule has 0 aliphatic rings. The third kappa shape index (κ3) is 2.67. The Labute approximate surface area is 115 Å². The van der Waals surface area contributed by atoms with E-state index in [-0.39, 0.29) is 12.2 Å². The van der Waals surface area contributed by atoms with Crippen LogP contribution in [0.25, 0.3) is 0 Å². The average Bonchev–Trinajstić information content (AvgIpc) is 2.63. The minimum Gasteiger partial charge on any atom is -0.326 e. The second-order valence-electron chi connectivity index (χ2n) is 4.59. The van der Waals surface area contributed by atoms with Crippen LogP contribution in [0.2, 0.25) is 0 Å². The first-order chi connectivity index (χ1) is 9.42. The normalized spacial score (nSPS) is 10.8. The minimum absolute atomic E-state index is 0.263. The van der Waals surface area contributed by atoms with E-state index in [0.717, 1.165) is 23.0 Å². The molecule has 6 nitrogen and oxygen atoms in total. The number of aromatic nitrogens is 2. The molecule has 20 heavy (non-hydrogen) atoms. The Balaban J connectivity index is 2.37. The van der Waals surface area contributed by atoms with Crippen molar-refractivity contribution in [2.45, 2.75) is 26.9 Å². The Morgan fingerprint density at radius 3 is 2.65 bits per heavy atom. The van der Waals surface area contributed by atoms with Gasteiger partial charge in [-0.15, -0.1) is 0 Å². The van der Waals surface area contributed by atoms with E-state index >= 15 is 0 Å². The molecule has 1 aromatic carbocycles. The molecule has 0 saturated heterocycles. The van der Waals surface area contributed by atoms with Crippen molar-refractivity contribution in [2.24, 2.45) is 5.73 Å². The highest BCUT2D eigenvalue weighted by Crippen LogP contribution is 2.19. The molecule has 0 unspecified atom stereocenters. The van der Waals surface area contributed by atoms with Gasteiger partial charge in [0.05, 0.1) is 23.2 Å². The smallest absolute Gasteiger partial charge is 0.272 e. The lowest BCUT2D eigenvalue weighted by Gasteiger charge is -2.06. The number of halogens is 1. The number of benzene rings is 1. The fourth-order valence-corrected chi connectivity index (χ4v) is 2.19. The van der Waals surface area contributed by atoms with Crippen LogP contribution < -0.4 is 5.73 Å². The highest BCUT2D eigenvalue weighted by atomic mass is 19.1. The van der Waals surface area contributed by atoms with E-state index < -0.39 is 10.7 Å². The topological polar surface area (TPSA) is 87.0 Å². The predicted molar refractivity (Wildman–Crippen MR) is 71.7 cm³/mol. The number of aryl methyl sites for hydroxylation is 1. The summed E-state index contributed by atoms with van der Waals surface area (Å²) < 4.78 is 15.1. The van der Waals surface area contributed by atoms with Gasteiger partial charge in [0.1, 0.15) is 5.82 Å². The number of rotatable bonds is 4. The number of nitrogens with zero attached hydrogens (tertiary/aromatic N) is 3. The van der Waals surface area contributed by atoms with E-state index in [1.54, 1.807) is 4.68 Å². The number of hydrogen-bond acceptors (Lipinski definition) is 4. The molecule has 0 amide bonds. The van der Waals surface area contributed by atoms with Crippen LogP contribution >= 0.6 is 0 Å². The molecule has 1 heterocycles. The van der Waals surface area contributed by atoms with Crippen LogP contribution in [0, 0.1) is 29.8 Å². The van der Waals surface area contributed by atoms with Gasteiger partial charge >= 0.3 is 0 Å². The molecule has 0 fully saturated rings. The van der Waals surface area contributed by atoms with E-state index in [1.807, 2.05) is 13.8 Å². The first-order valence-corrected chi connectivity index (χ1v) is 6.09. The fourth-order valence-electron chi connectivity index (χ4n) is 2.19. The van der Waals surface area contributed by atoms with Crippen LogP contribution in [0.3, 0.4) is 0 Å². The lowest BCUT2D eigenvalue weighted by atomic mass is 10.2. The summed E-state index contributed by atoms with van der Waals surface area (Å²) in [6.07, 6.45) is 0. The van der Waals surface area contributed by atoms with Gasteiger partial charge in [-0.25, -0.2) is 4.39 Å². The van der Waals surface area contributed by atoms with Crippen molar-refractivity contribution < 1.29 is 9.31 Å². The Morgan fingerprint density at radius 2 is 2.10 bits per heavy atom. The molecule has 2 aromatic rings. The first-order valence-electron chi connectivity index (χ1n) is 6.09. The minimum atomic E-state index is -0.630. The molecule has 0 atom stereocenters. The second-order valence-corrected chi connectivity index (χ2v) is 4.59. The summed E-state index contributed by atoms with van der Waals surface area (Å²) >= 11 is 0. The van der Waals surface area contributed by atoms with E-state index in [2.05, 4.69) is 5.10 Å². The highest BCUT2D eigenvalue weighted by molar-refractivity contribution is 5.35. The van der Waals surface area contributed by atoms with Crippen LogP contribution in [-0.4, -0.2) is 14.7 Å². The van der Waals surface area contributed by atoms with Crippen LogP contribution in [0.15, 0.2) is 18.2 Å². The summed E-state index contributed by atoms with van der Waals surface area (Å²) in [5.41, 5.74) is 8.51. The molecule has 0 spiro atoms. The number of nitrogens with two attached hydrogens (primary N) is 1. The molecule has 0 aliphatic carbocycles. The van der Waals surface area contributed by atoms with E-state index in [0.29, 0.717) is 12.1 Å². The lowest BCUT2D eigenvalue weighted by molar-refractivity contribution is -0.385. The summed E-state index contributed by atoms with van der Waals surface area (Å²) in [4.78, 5) is 10.1. The van der Waals surface area contributed by atoms with Crippen LogP contribution in [0.5, 0.6) is 0 Å². The number of hydrogen-bond donors (Lipinski definition) is 1. The fraction of sp³-hybridized carbons (Fsp3) is 0.308. The molecule has 7 heteroatoms. The molecular weight excluding hydrogens is 263 g/mol. The molecule has 2 rings (SSSR count). The lowest BCUT2D eigenvalue weighted by Crippen LogP contribution is -2.06. The van der Waals surface area contributed by atoms with Gasteiger partial charge in [-0.2, -0.15) is 5.10 Å². The van der Waals surface area contributed by atoms with E-state index in [4.69, 9.17) is 5.73 Å². The quantitative estimate of drug-likeness (QED) is 0.685. The SMILES string of the molecule is Cc1nn(Cc2cc(F)cc([N+](=O)[O-])c2)c(C)c1CN. The van der Waals surface area contributed by atoms with E-state index in [1.165, 1.54) is 12.1 Å². The second kappa shape index (κ2) is 5.38. The molecule has 0 bridgehead atoms. The average molecular weight is 278 g/mol. The molecule has 1 aromatic heterocycles. The van der Waals surface area contributed by atoms with Crippen LogP contribution in [-0.2, 0) is 13.1 Å². The van der Waals surface area contributed by atoms with Gasteiger partial charge in [-0.05, 0) is 25.5 Å². The maximum absolute atomic E-state index is 13.4. The van der Waals surface area contributed by atoms with Gasteiger partial charge in [0, 0.05) is 23.9 Å². The number of nitro benzene ring substituents is 1. The van der Waals surface area contributed by atoms with Crippen molar-refractivity contribution >= 4 is 5.69 Å². The van der Waals surface area contributed by atoms with Crippen LogP contribution in [0.4, 0.5) is 10.1 Å². The van der Waals surface area contributed by atoms with Crippen molar-refractivity contribution in [1.82, 2.24) is 9.78 Å². The van der Waals surface area contributed by atoms with Gasteiger partial charge < -0.3 is 5.73 Å². The Hall–Kier alpha value is -2.28. The third-order valence-corrected chi connectivity index (χ3v) is 3.22. The molecular formula is C13H15FN4O2. The molecule has 106 valence electrons. The van der Waals surface area contributed by atoms with Crippen LogP contribution in [0.1, 0.15) is 22.5 Å². The van der Waals surface area contributed by atoms with Crippen molar-refractivity contribution in [3.8, 4) is 0 Å². The largest absolute Gasteiger partial charge is 0.326 e. The zero-order valence-electron chi connectivity index (χ0n) is 11.3. The summed E-state index contributed by atoms with van der Waals surface area (Å²) in [5, 5.41) is 15.1. The Kier molecular flexibility index (Phi) is 3.80. The maximum atomic E-state index is 13.4. The summed E-state index contributed by atoms with van der Waals surface area (Å²) in [6, 6.07) is 3.52. The molecule has 2 N–H and O–H groups in total. The molecule has 0 saturated carbocycles. The van der Waals surface area contributed by atoms with Crippen molar-refractivity contribution in [2.75, 3.05) is 0 Å². The van der Waals surface area contributed by atoms with E-state index in [9.17, 15) is 14.5 Å². The Bertz CT molecular complexity index is 667. The monoisotopic (exact) mass is 278 g/mol. The van der Waals surface area contributed by atoms with Gasteiger partial charge in [-0.1, -0.05) is 0 Å². The number of nitro groups is 1. The van der Waals surface area contributed by atoms with Gasteiger partial charge in [0.25, 0.3) is 5.69 Å². The number of non-ortho nitro benzene ring substituents is 1. The molecule has 0 radical (unpaired) electrons. The third-order valence-electron chi connectivity index (χ3n) is 3.22. The summed E-state index contributed by atoms with van der Waals surface area (Å²) in [5.74, 6) is -0.630. The van der Waals surface area contributed by atoms with Gasteiger partial charge in [-0.3, -0.25) is 14.8 Å².